The van der Waals surface area contributed by atoms with Crippen LogP contribution < -0.4 is 10.1 Å². The zero-order valence-electron chi connectivity index (χ0n) is 10.6. The summed E-state index contributed by atoms with van der Waals surface area (Å²) in [4.78, 5) is 3.79. The van der Waals surface area contributed by atoms with Gasteiger partial charge in [-0.25, -0.2) is 4.98 Å². The molecule has 0 aliphatic heterocycles. The lowest BCUT2D eigenvalue weighted by Crippen LogP contribution is -2.31. The molecule has 6 heteroatoms. The van der Waals surface area contributed by atoms with Gasteiger partial charge in [-0.2, -0.15) is 13.2 Å². The highest BCUT2D eigenvalue weighted by Gasteiger charge is 2.38. The summed E-state index contributed by atoms with van der Waals surface area (Å²) in [6.45, 7) is 5.62. The van der Waals surface area contributed by atoms with Gasteiger partial charge in [0, 0.05) is 18.3 Å². The van der Waals surface area contributed by atoms with Gasteiger partial charge in [-0.3, -0.25) is 0 Å². The summed E-state index contributed by atoms with van der Waals surface area (Å²) >= 11 is 0. The second kappa shape index (κ2) is 6.04. The predicted octanol–water partition coefficient (Wildman–Crippen LogP) is 3.08. The van der Waals surface area contributed by atoms with Gasteiger partial charge in [0.1, 0.15) is 0 Å². The first-order chi connectivity index (χ1) is 8.34. The lowest BCUT2D eigenvalue weighted by Gasteiger charge is -2.18. The highest BCUT2D eigenvalue weighted by atomic mass is 19.4. The number of nitrogens with zero attached hydrogens (tertiary/aromatic N) is 1. The first kappa shape index (κ1) is 14.8. The van der Waals surface area contributed by atoms with E-state index in [9.17, 15) is 13.2 Å². The Morgan fingerprint density at radius 1 is 1.39 bits per heavy atom. The maximum absolute atomic E-state index is 12.3. The smallest absolute Gasteiger partial charge is 0.425 e. The molecule has 1 N–H and O–H groups in total. The molecule has 1 rings (SSSR count). The van der Waals surface area contributed by atoms with Gasteiger partial charge in [0.05, 0.1) is 0 Å². The summed E-state index contributed by atoms with van der Waals surface area (Å²) in [5, 5.41) is 3.17. The van der Waals surface area contributed by atoms with Crippen molar-refractivity contribution in [3.05, 3.63) is 23.9 Å². The zero-order chi connectivity index (χ0) is 13.8. The zero-order valence-corrected chi connectivity index (χ0v) is 10.6. The Balaban J connectivity index is 2.76. The number of halogens is 3. The fourth-order valence-electron chi connectivity index (χ4n) is 1.43. The maximum Gasteiger partial charge on any atom is 0.425 e. The monoisotopic (exact) mass is 262 g/mol. The van der Waals surface area contributed by atoms with Crippen LogP contribution in [0.2, 0.25) is 0 Å². The molecule has 0 aromatic carbocycles. The molecule has 0 spiro atoms. The summed E-state index contributed by atoms with van der Waals surface area (Å²) in [6, 6.07) is 3.31. The summed E-state index contributed by atoms with van der Waals surface area (Å²) in [6.07, 6.45) is -4.80. The van der Waals surface area contributed by atoms with Crippen molar-refractivity contribution in [2.24, 2.45) is 0 Å². The Bertz CT molecular complexity index is 382. The van der Waals surface area contributed by atoms with Crippen LogP contribution in [0.15, 0.2) is 18.3 Å². The molecule has 0 bridgehead atoms. The van der Waals surface area contributed by atoms with Crippen LogP contribution in [0.4, 0.5) is 13.2 Å². The lowest BCUT2D eigenvalue weighted by molar-refractivity contribution is -0.190. The van der Waals surface area contributed by atoms with Crippen LogP contribution in [-0.4, -0.2) is 23.8 Å². The van der Waals surface area contributed by atoms with Crippen molar-refractivity contribution in [2.45, 2.75) is 39.1 Å². The molecule has 0 fully saturated rings. The third kappa shape index (κ3) is 4.18. The quantitative estimate of drug-likeness (QED) is 0.885. The van der Waals surface area contributed by atoms with E-state index in [1.54, 1.807) is 6.07 Å². The van der Waals surface area contributed by atoms with E-state index in [0.29, 0.717) is 0 Å². The number of nitrogens with one attached hydrogen (secondary N) is 1. The van der Waals surface area contributed by atoms with Gasteiger partial charge in [-0.05, 0) is 32.0 Å². The van der Waals surface area contributed by atoms with Crippen molar-refractivity contribution in [3.63, 3.8) is 0 Å². The molecule has 0 amide bonds. The number of hydrogen-bond acceptors (Lipinski definition) is 3. The second-order valence-electron chi connectivity index (χ2n) is 4.01. The standard InChI is InChI=1S/C12H17F3N2O/c1-4-16-8(2)10-5-6-17-11(7-10)18-9(3)12(13,14)15/h5-9,16H,4H2,1-3H3. The largest absolute Gasteiger partial charge is 0.465 e. The minimum absolute atomic E-state index is 0.0120. The molecule has 0 aliphatic rings. The molecule has 18 heavy (non-hydrogen) atoms. The molecule has 2 atom stereocenters. The Morgan fingerprint density at radius 3 is 2.61 bits per heavy atom. The minimum Gasteiger partial charge on any atom is -0.465 e. The lowest BCUT2D eigenvalue weighted by atomic mass is 10.1. The van der Waals surface area contributed by atoms with Crippen LogP contribution in [0, 0.1) is 0 Å². The maximum atomic E-state index is 12.3. The third-order valence-electron chi connectivity index (χ3n) is 2.53. The fraction of sp³-hybridized carbons (Fsp3) is 0.583. The molecule has 0 radical (unpaired) electrons. The predicted molar refractivity (Wildman–Crippen MR) is 62.5 cm³/mol. The molecule has 1 aromatic rings. The Kier molecular flexibility index (Phi) is 4.95. The van der Waals surface area contributed by atoms with E-state index < -0.39 is 12.3 Å². The summed E-state index contributed by atoms with van der Waals surface area (Å²) in [5.74, 6) is -0.0120. The highest BCUT2D eigenvalue weighted by Crippen LogP contribution is 2.25. The van der Waals surface area contributed by atoms with Crippen LogP contribution in [0.25, 0.3) is 0 Å². The van der Waals surface area contributed by atoms with Gasteiger partial charge in [0.25, 0.3) is 0 Å². The van der Waals surface area contributed by atoms with Gasteiger partial charge < -0.3 is 10.1 Å². The molecule has 0 saturated carbocycles. The molecular weight excluding hydrogens is 245 g/mol. The molecule has 3 nitrogen and oxygen atoms in total. The average Bonchev–Trinajstić information content (AvgIpc) is 2.28. The van der Waals surface area contributed by atoms with Crippen LogP contribution in [-0.2, 0) is 0 Å². The Hall–Kier alpha value is -1.30. The number of pyridine rings is 1. The van der Waals surface area contributed by atoms with Crippen LogP contribution >= 0.6 is 0 Å². The number of ether oxygens (including phenoxy) is 1. The number of rotatable bonds is 5. The molecule has 1 heterocycles. The SMILES string of the molecule is CCNC(C)c1ccnc(OC(C)C(F)(F)F)c1. The number of alkyl halides is 3. The molecular formula is C12H17F3N2O. The first-order valence-electron chi connectivity index (χ1n) is 5.77. The molecule has 0 aliphatic carbocycles. The number of aromatic nitrogens is 1. The van der Waals surface area contributed by atoms with Crippen molar-refractivity contribution >= 4 is 0 Å². The van der Waals surface area contributed by atoms with Gasteiger partial charge in [0.15, 0.2) is 6.10 Å². The normalized spacial score (nSPS) is 15.2. The van der Waals surface area contributed by atoms with Gasteiger partial charge in [0.2, 0.25) is 5.88 Å². The van der Waals surface area contributed by atoms with Crippen molar-refractivity contribution in [1.29, 1.82) is 0 Å². The van der Waals surface area contributed by atoms with Crippen molar-refractivity contribution < 1.29 is 17.9 Å². The second-order valence-corrected chi connectivity index (χ2v) is 4.01. The minimum atomic E-state index is -4.38. The van der Waals surface area contributed by atoms with Crippen LogP contribution in [0.1, 0.15) is 32.4 Å². The summed E-state index contributed by atoms with van der Waals surface area (Å²) in [7, 11) is 0. The first-order valence-corrected chi connectivity index (χ1v) is 5.77. The van der Waals surface area contributed by atoms with Gasteiger partial charge in [-0.15, -0.1) is 0 Å². The van der Waals surface area contributed by atoms with Crippen LogP contribution in [0.5, 0.6) is 5.88 Å². The topological polar surface area (TPSA) is 34.2 Å². The van der Waals surface area contributed by atoms with E-state index in [-0.39, 0.29) is 11.9 Å². The Labute approximate surface area is 104 Å². The molecule has 2 unspecified atom stereocenters. The van der Waals surface area contributed by atoms with E-state index >= 15 is 0 Å². The van der Waals surface area contributed by atoms with E-state index in [1.807, 2.05) is 13.8 Å². The average molecular weight is 262 g/mol. The summed E-state index contributed by atoms with van der Waals surface area (Å²) in [5.41, 5.74) is 0.844. The van der Waals surface area contributed by atoms with E-state index in [4.69, 9.17) is 4.74 Å². The molecule has 0 saturated heterocycles. The van der Waals surface area contributed by atoms with Gasteiger partial charge >= 0.3 is 6.18 Å². The van der Waals surface area contributed by atoms with Crippen molar-refractivity contribution in [3.8, 4) is 5.88 Å². The number of hydrogen-bond donors (Lipinski definition) is 1. The fourth-order valence-corrected chi connectivity index (χ4v) is 1.43. The van der Waals surface area contributed by atoms with E-state index in [2.05, 4.69) is 10.3 Å². The van der Waals surface area contributed by atoms with Crippen molar-refractivity contribution in [1.82, 2.24) is 10.3 Å². The van der Waals surface area contributed by atoms with Crippen LogP contribution in [0.3, 0.4) is 0 Å². The Morgan fingerprint density at radius 2 is 2.06 bits per heavy atom. The van der Waals surface area contributed by atoms with E-state index in [1.165, 1.54) is 12.3 Å². The van der Waals surface area contributed by atoms with Crippen molar-refractivity contribution in [2.75, 3.05) is 6.54 Å². The highest BCUT2D eigenvalue weighted by molar-refractivity contribution is 5.23. The molecule has 102 valence electrons. The third-order valence-corrected chi connectivity index (χ3v) is 2.53. The van der Waals surface area contributed by atoms with E-state index in [0.717, 1.165) is 19.0 Å². The summed E-state index contributed by atoms with van der Waals surface area (Å²) < 4.78 is 41.8. The molecule has 1 aromatic heterocycles. The van der Waals surface area contributed by atoms with Gasteiger partial charge in [-0.1, -0.05) is 6.92 Å².